The summed E-state index contributed by atoms with van der Waals surface area (Å²) in [7, 11) is 0. The molecule has 2 unspecified atom stereocenters. The smallest absolute Gasteiger partial charge is 0.308 e. The van der Waals surface area contributed by atoms with Crippen molar-refractivity contribution in [1.82, 2.24) is 5.32 Å². The van der Waals surface area contributed by atoms with Crippen LogP contribution in [-0.2, 0) is 16.0 Å². The Kier molecular flexibility index (Phi) is 5.45. The summed E-state index contributed by atoms with van der Waals surface area (Å²) in [5.41, 5.74) is 2.97. The first-order valence-corrected chi connectivity index (χ1v) is 8.42. The molecule has 1 fully saturated rings. The van der Waals surface area contributed by atoms with E-state index in [1.807, 2.05) is 6.92 Å². The van der Waals surface area contributed by atoms with Crippen LogP contribution in [0.1, 0.15) is 55.7 Å². The summed E-state index contributed by atoms with van der Waals surface area (Å²) < 4.78 is 0. The summed E-state index contributed by atoms with van der Waals surface area (Å²) in [5, 5.41) is 12.4. The van der Waals surface area contributed by atoms with Gasteiger partial charge in [-0.1, -0.05) is 36.6 Å². The van der Waals surface area contributed by atoms with Gasteiger partial charge in [-0.05, 0) is 51.2 Å². The highest BCUT2D eigenvalue weighted by atomic mass is 16.4. The van der Waals surface area contributed by atoms with Gasteiger partial charge in [-0.25, -0.2) is 0 Å². The summed E-state index contributed by atoms with van der Waals surface area (Å²) >= 11 is 0. The van der Waals surface area contributed by atoms with Gasteiger partial charge in [0.25, 0.3) is 0 Å². The lowest BCUT2D eigenvalue weighted by atomic mass is 9.74. The van der Waals surface area contributed by atoms with E-state index < -0.39 is 17.4 Å². The molecule has 1 aromatic carbocycles. The maximum atomic E-state index is 12.3. The molecule has 0 heterocycles. The average molecular weight is 317 g/mol. The molecule has 0 saturated heterocycles. The van der Waals surface area contributed by atoms with Crippen molar-refractivity contribution in [3.63, 3.8) is 0 Å². The molecule has 1 aliphatic rings. The molecule has 2 atom stereocenters. The summed E-state index contributed by atoms with van der Waals surface area (Å²) in [4.78, 5) is 23.8. The van der Waals surface area contributed by atoms with E-state index in [1.54, 1.807) is 0 Å². The number of aliphatic carboxylic acids is 1. The van der Waals surface area contributed by atoms with Crippen LogP contribution in [0, 0.1) is 19.8 Å². The van der Waals surface area contributed by atoms with Crippen LogP contribution in [0.4, 0.5) is 0 Å². The Labute approximate surface area is 138 Å². The molecule has 0 spiro atoms. The minimum atomic E-state index is -0.804. The highest BCUT2D eigenvalue weighted by molar-refractivity contribution is 5.79. The number of hydrogen-bond acceptors (Lipinski definition) is 2. The SMILES string of the molecule is Cc1ccc(CCC(=O)NC2(C)CCCCC2C(=O)O)c(C)c1. The summed E-state index contributed by atoms with van der Waals surface area (Å²) in [5.74, 6) is -1.34. The van der Waals surface area contributed by atoms with E-state index in [0.717, 1.165) is 19.3 Å². The molecule has 0 aliphatic heterocycles. The van der Waals surface area contributed by atoms with E-state index in [0.29, 0.717) is 19.3 Å². The van der Waals surface area contributed by atoms with Crippen LogP contribution in [0.3, 0.4) is 0 Å². The van der Waals surface area contributed by atoms with Crippen molar-refractivity contribution in [1.29, 1.82) is 0 Å². The van der Waals surface area contributed by atoms with Gasteiger partial charge in [-0.15, -0.1) is 0 Å². The number of aryl methyl sites for hydroxylation is 3. The van der Waals surface area contributed by atoms with Gasteiger partial charge in [0.2, 0.25) is 5.91 Å². The van der Waals surface area contributed by atoms with Crippen molar-refractivity contribution in [3.8, 4) is 0 Å². The molecule has 4 nitrogen and oxygen atoms in total. The number of hydrogen-bond donors (Lipinski definition) is 2. The maximum Gasteiger partial charge on any atom is 0.308 e. The molecule has 1 aromatic rings. The Morgan fingerprint density at radius 3 is 2.70 bits per heavy atom. The fraction of sp³-hybridized carbons (Fsp3) is 0.579. The van der Waals surface area contributed by atoms with Crippen molar-refractivity contribution in [2.24, 2.45) is 5.92 Å². The van der Waals surface area contributed by atoms with Crippen LogP contribution in [0.2, 0.25) is 0 Å². The molecule has 2 N–H and O–H groups in total. The Morgan fingerprint density at radius 1 is 1.30 bits per heavy atom. The van der Waals surface area contributed by atoms with Gasteiger partial charge < -0.3 is 10.4 Å². The highest BCUT2D eigenvalue weighted by Crippen LogP contribution is 2.34. The molecule has 126 valence electrons. The molecule has 1 saturated carbocycles. The topological polar surface area (TPSA) is 66.4 Å². The van der Waals surface area contributed by atoms with Gasteiger partial charge in [0.15, 0.2) is 0 Å². The van der Waals surface area contributed by atoms with Crippen LogP contribution in [0.25, 0.3) is 0 Å². The highest BCUT2D eigenvalue weighted by Gasteiger charge is 2.41. The van der Waals surface area contributed by atoms with Gasteiger partial charge in [-0.2, -0.15) is 0 Å². The summed E-state index contributed by atoms with van der Waals surface area (Å²) in [6.45, 7) is 5.99. The molecule has 2 rings (SSSR count). The standard InChI is InChI=1S/C19H27NO3/c1-13-7-8-15(14(2)12-13)9-10-17(21)20-19(3)11-5-4-6-16(19)18(22)23/h7-8,12,16H,4-6,9-11H2,1-3H3,(H,20,21)(H,22,23). The third-order valence-electron chi connectivity index (χ3n) is 5.05. The van der Waals surface area contributed by atoms with E-state index in [1.165, 1.54) is 16.7 Å². The normalized spacial score (nSPS) is 24.2. The Bertz CT molecular complexity index is 596. The van der Waals surface area contributed by atoms with Gasteiger partial charge in [-0.3, -0.25) is 9.59 Å². The second-order valence-corrected chi connectivity index (χ2v) is 7.03. The predicted molar refractivity (Wildman–Crippen MR) is 90.4 cm³/mol. The fourth-order valence-corrected chi connectivity index (χ4v) is 3.63. The minimum absolute atomic E-state index is 0.0550. The quantitative estimate of drug-likeness (QED) is 0.875. The Balaban J connectivity index is 1.96. The number of carboxylic acids is 1. The molecule has 1 aliphatic carbocycles. The van der Waals surface area contributed by atoms with Gasteiger partial charge in [0.1, 0.15) is 0 Å². The van der Waals surface area contributed by atoms with Crippen LogP contribution in [0.5, 0.6) is 0 Å². The Morgan fingerprint density at radius 2 is 2.04 bits per heavy atom. The Hall–Kier alpha value is -1.84. The summed E-state index contributed by atoms with van der Waals surface area (Å²) in [6, 6.07) is 6.25. The number of carbonyl (C=O) groups excluding carboxylic acids is 1. The number of nitrogens with one attached hydrogen (secondary N) is 1. The second kappa shape index (κ2) is 7.16. The second-order valence-electron chi connectivity index (χ2n) is 7.03. The lowest BCUT2D eigenvalue weighted by molar-refractivity contribution is -0.146. The molecular weight excluding hydrogens is 290 g/mol. The van der Waals surface area contributed by atoms with Crippen molar-refractivity contribution in [3.05, 3.63) is 34.9 Å². The molecular formula is C19H27NO3. The fourth-order valence-electron chi connectivity index (χ4n) is 3.63. The van der Waals surface area contributed by atoms with Crippen molar-refractivity contribution >= 4 is 11.9 Å². The monoisotopic (exact) mass is 317 g/mol. The number of carbonyl (C=O) groups is 2. The molecule has 23 heavy (non-hydrogen) atoms. The first kappa shape index (κ1) is 17.5. The third-order valence-corrected chi connectivity index (χ3v) is 5.05. The lowest BCUT2D eigenvalue weighted by Crippen LogP contribution is -2.55. The van der Waals surface area contributed by atoms with Gasteiger partial charge in [0, 0.05) is 6.42 Å². The lowest BCUT2D eigenvalue weighted by Gasteiger charge is -2.39. The van der Waals surface area contributed by atoms with Crippen LogP contribution in [0.15, 0.2) is 18.2 Å². The van der Waals surface area contributed by atoms with Crippen LogP contribution >= 0.6 is 0 Å². The summed E-state index contributed by atoms with van der Waals surface area (Å²) in [6.07, 6.45) is 4.35. The van der Waals surface area contributed by atoms with Gasteiger partial charge >= 0.3 is 5.97 Å². The number of benzene rings is 1. The van der Waals surface area contributed by atoms with E-state index in [4.69, 9.17) is 0 Å². The average Bonchev–Trinajstić information content (AvgIpc) is 2.46. The van der Waals surface area contributed by atoms with Crippen molar-refractivity contribution < 1.29 is 14.7 Å². The van der Waals surface area contributed by atoms with E-state index in [9.17, 15) is 14.7 Å². The zero-order valence-corrected chi connectivity index (χ0v) is 14.3. The van der Waals surface area contributed by atoms with Crippen LogP contribution < -0.4 is 5.32 Å². The molecule has 4 heteroatoms. The van der Waals surface area contributed by atoms with Gasteiger partial charge in [0.05, 0.1) is 11.5 Å². The van der Waals surface area contributed by atoms with Crippen molar-refractivity contribution in [2.45, 2.75) is 64.8 Å². The first-order chi connectivity index (χ1) is 10.8. The largest absolute Gasteiger partial charge is 0.481 e. The zero-order chi connectivity index (χ0) is 17.0. The van der Waals surface area contributed by atoms with E-state index in [-0.39, 0.29) is 5.91 Å². The molecule has 0 aromatic heterocycles. The molecule has 0 radical (unpaired) electrons. The van der Waals surface area contributed by atoms with Crippen molar-refractivity contribution in [2.75, 3.05) is 0 Å². The number of amides is 1. The number of rotatable bonds is 5. The zero-order valence-electron chi connectivity index (χ0n) is 14.3. The first-order valence-electron chi connectivity index (χ1n) is 8.42. The van der Waals surface area contributed by atoms with E-state index >= 15 is 0 Å². The van der Waals surface area contributed by atoms with E-state index in [2.05, 4.69) is 37.4 Å². The minimum Gasteiger partial charge on any atom is -0.481 e. The maximum absolute atomic E-state index is 12.3. The third kappa shape index (κ3) is 4.34. The number of carboxylic acid groups (broad SMARTS) is 1. The molecule has 1 amide bonds. The predicted octanol–water partition coefficient (Wildman–Crippen LogP) is 3.39. The van der Waals surface area contributed by atoms with Crippen LogP contribution in [-0.4, -0.2) is 22.5 Å². The molecule has 0 bridgehead atoms.